The molecule has 0 aliphatic carbocycles. The number of phosphoric acid groups is 1. The Bertz CT molecular complexity index is 124. The molecule has 0 rings (SSSR count). The van der Waals surface area contributed by atoms with E-state index in [1.807, 2.05) is 0 Å². The van der Waals surface area contributed by atoms with Crippen LogP contribution in [-0.2, 0) is 9.09 Å². The van der Waals surface area contributed by atoms with Crippen LogP contribution in [0, 0.1) is 0 Å². The summed E-state index contributed by atoms with van der Waals surface area (Å²) in [4.78, 5) is 16.0. The molecule has 0 aliphatic heterocycles. The quantitative estimate of drug-likeness (QED) is 0.282. The monoisotopic (exact) mass is 178 g/mol. The zero-order valence-electron chi connectivity index (χ0n) is 6.15. The van der Waals surface area contributed by atoms with E-state index in [1.165, 1.54) is 6.08 Å². The summed E-state index contributed by atoms with van der Waals surface area (Å²) < 4.78 is 13.7. The van der Waals surface area contributed by atoms with Gasteiger partial charge in [-0.1, -0.05) is 6.08 Å². The van der Waals surface area contributed by atoms with E-state index in [0.29, 0.717) is 0 Å². The average Bonchev–Trinajstić information content (AvgIpc) is 1.59. The summed E-state index contributed by atoms with van der Waals surface area (Å²) in [6.45, 7) is 3.07. The molecule has 4 nitrogen and oxygen atoms in total. The molecular formula is C3H8KO4P. The van der Waals surface area contributed by atoms with Gasteiger partial charge >= 0.3 is 59.2 Å². The van der Waals surface area contributed by atoms with Crippen LogP contribution in [0.4, 0.5) is 0 Å². The molecule has 0 aromatic carbocycles. The van der Waals surface area contributed by atoms with Crippen LogP contribution >= 0.6 is 7.82 Å². The molecule has 6 heteroatoms. The van der Waals surface area contributed by atoms with Crippen LogP contribution in [0.15, 0.2) is 12.7 Å². The average molecular weight is 178 g/mol. The van der Waals surface area contributed by atoms with Gasteiger partial charge in [-0.15, -0.1) is 6.58 Å². The molecule has 50 valence electrons. The van der Waals surface area contributed by atoms with Crippen molar-refractivity contribution < 1.29 is 71.7 Å². The number of hydrogen-bond acceptors (Lipinski definition) is 2. The van der Waals surface area contributed by atoms with Gasteiger partial charge in [-0.3, -0.25) is 4.52 Å². The Balaban J connectivity index is -0.000000245. The molecule has 0 aromatic rings. The molecule has 0 bridgehead atoms. The van der Waals surface area contributed by atoms with Crippen LogP contribution in [-0.4, -0.2) is 16.4 Å². The molecule has 0 saturated carbocycles. The molecule has 0 amide bonds. The van der Waals surface area contributed by atoms with E-state index in [-0.39, 0.29) is 59.4 Å². The van der Waals surface area contributed by atoms with E-state index in [2.05, 4.69) is 11.1 Å². The first-order valence-corrected chi connectivity index (χ1v) is 3.40. The number of hydrogen-bond donors (Lipinski definition) is 2. The normalized spacial score (nSPS) is 10.0. The Morgan fingerprint density at radius 3 is 2.33 bits per heavy atom. The second-order valence-electron chi connectivity index (χ2n) is 1.08. The molecule has 0 fully saturated rings. The van der Waals surface area contributed by atoms with Crippen LogP contribution < -0.4 is 51.4 Å². The summed E-state index contributed by atoms with van der Waals surface area (Å²) in [5.41, 5.74) is 0. The van der Waals surface area contributed by atoms with Crippen molar-refractivity contribution in [1.82, 2.24) is 0 Å². The van der Waals surface area contributed by atoms with Gasteiger partial charge in [0.25, 0.3) is 0 Å². The van der Waals surface area contributed by atoms with E-state index in [9.17, 15) is 4.57 Å². The number of phosphoric ester groups is 1. The molecule has 9 heavy (non-hydrogen) atoms. The Hall–Kier alpha value is 1.49. The number of rotatable bonds is 3. The molecule has 0 aliphatic rings. The fourth-order valence-electron chi connectivity index (χ4n) is 0.150. The maximum Gasteiger partial charge on any atom is 1.00 e. The van der Waals surface area contributed by atoms with Gasteiger partial charge in [0.15, 0.2) is 0 Å². The minimum atomic E-state index is -4.25. The SMILES string of the molecule is C=CCOP(=O)(O)O.[H-].[K+]. The van der Waals surface area contributed by atoms with Gasteiger partial charge in [0.05, 0.1) is 6.61 Å². The zero-order valence-corrected chi connectivity index (χ0v) is 9.17. The Labute approximate surface area is 97.4 Å². The molecule has 0 aromatic heterocycles. The van der Waals surface area contributed by atoms with Crippen LogP contribution in [0.2, 0.25) is 0 Å². The van der Waals surface area contributed by atoms with E-state index in [1.54, 1.807) is 0 Å². The van der Waals surface area contributed by atoms with Gasteiger partial charge < -0.3 is 11.2 Å². The fourth-order valence-corrected chi connectivity index (χ4v) is 0.449. The van der Waals surface area contributed by atoms with E-state index < -0.39 is 7.82 Å². The van der Waals surface area contributed by atoms with Crippen molar-refractivity contribution in [2.24, 2.45) is 0 Å². The van der Waals surface area contributed by atoms with Gasteiger partial charge in [0.2, 0.25) is 0 Å². The first kappa shape index (κ1) is 13.1. The standard InChI is InChI=1S/C3H7O4P.K.H/c1-2-3-7-8(4,5)6;;/h2H,1,3H2,(H2,4,5,6);;/q;+1;-1. The molecule has 0 radical (unpaired) electrons. The van der Waals surface area contributed by atoms with Crippen molar-refractivity contribution >= 4 is 7.82 Å². The summed E-state index contributed by atoms with van der Waals surface area (Å²) in [6.07, 6.45) is 1.26. The maximum absolute atomic E-state index is 9.81. The minimum Gasteiger partial charge on any atom is -1.00 e. The molecule has 0 heterocycles. The second kappa shape index (κ2) is 6.21. The smallest absolute Gasteiger partial charge is 1.00 e. The van der Waals surface area contributed by atoms with Gasteiger partial charge in [0.1, 0.15) is 0 Å². The first-order valence-electron chi connectivity index (χ1n) is 1.87. The van der Waals surface area contributed by atoms with Crippen molar-refractivity contribution in [2.45, 2.75) is 0 Å². The first-order chi connectivity index (χ1) is 3.56. The maximum atomic E-state index is 9.81. The second-order valence-corrected chi connectivity index (χ2v) is 2.31. The van der Waals surface area contributed by atoms with E-state index in [4.69, 9.17) is 9.79 Å². The third kappa shape index (κ3) is 12.6. The van der Waals surface area contributed by atoms with Crippen LogP contribution in [0.1, 0.15) is 1.43 Å². The zero-order chi connectivity index (χ0) is 6.62. The van der Waals surface area contributed by atoms with Gasteiger partial charge in [-0.05, 0) is 0 Å². The van der Waals surface area contributed by atoms with Crippen molar-refractivity contribution in [3.05, 3.63) is 12.7 Å². The molecular weight excluding hydrogens is 170 g/mol. The Morgan fingerprint density at radius 2 is 2.22 bits per heavy atom. The summed E-state index contributed by atoms with van der Waals surface area (Å²) in [7, 11) is -4.25. The van der Waals surface area contributed by atoms with Crippen molar-refractivity contribution in [2.75, 3.05) is 6.61 Å². The van der Waals surface area contributed by atoms with E-state index in [0.717, 1.165) is 0 Å². The molecule has 2 N–H and O–H groups in total. The summed E-state index contributed by atoms with van der Waals surface area (Å²) in [5, 5.41) is 0. The molecule has 0 atom stereocenters. The van der Waals surface area contributed by atoms with Crippen molar-refractivity contribution in [3.63, 3.8) is 0 Å². The van der Waals surface area contributed by atoms with Crippen molar-refractivity contribution in [1.29, 1.82) is 0 Å². The molecule has 0 saturated heterocycles. The van der Waals surface area contributed by atoms with Crippen LogP contribution in [0.5, 0.6) is 0 Å². The summed E-state index contributed by atoms with van der Waals surface area (Å²) >= 11 is 0. The van der Waals surface area contributed by atoms with Gasteiger partial charge in [0, 0.05) is 0 Å². The third-order valence-corrected chi connectivity index (χ3v) is 0.846. The van der Waals surface area contributed by atoms with Crippen LogP contribution in [0.25, 0.3) is 0 Å². The predicted molar refractivity (Wildman–Crippen MR) is 29.3 cm³/mol. The minimum absolute atomic E-state index is 0. The third-order valence-electron chi connectivity index (χ3n) is 0.361. The van der Waals surface area contributed by atoms with E-state index >= 15 is 0 Å². The molecule has 0 spiro atoms. The Kier molecular flexibility index (Phi) is 9.05. The predicted octanol–water partition coefficient (Wildman–Crippen LogP) is -2.60. The van der Waals surface area contributed by atoms with Gasteiger partial charge in [-0.2, -0.15) is 0 Å². The summed E-state index contributed by atoms with van der Waals surface area (Å²) in [5.74, 6) is 0. The Morgan fingerprint density at radius 1 is 1.78 bits per heavy atom. The van der Waals surface area contributed by atoms with Gasteiger partial charge in [-0.25, -0.2) is 4.57 Å². The fraction of sp³-hybridized carbons (Fsp3) is 0.333. The molecule has 0 unspecified atom stereocenters. The van der Waals surface area contributed by atoms with Crippen molar-refractivity contribution in [3.8, 4) is 0 Å². The topological polar surface area (TPSA) is 66.8 Å². The summed E-state index contributed by atoms with van der Waals surface area (Å²) in [6, 6.07) is 0. The largest absolute Gasteiger partial charge is 1.00 e. The van der Waals surface area contributed by atoms with Crippen LogP contribution in [0.3, 0.4) is 0 Å².